The highest BCUT2D eigenvalue weighted by atomic mass is 16.3. The second-order valence-electron chi connectivity index (χ2n) is 13.2. The van der Waals surface area contributed by atoms with E-state index >= 15 is 0 Å². The molecule has 50 heavy (non-hydrogen) atoms. The third kappa shape index (κ3) is 9.54. The van der Waals surface area contributed by atoms with Crippen LogP contribution in [0.1, 0.15) is 93.0 Å². The van der Waals surface area contributed by atoms with Gasteiger partial charge < -0.3 is 25.0 Å². The second-order valence-corrected chi connectivity index (χ2v) is 13.2. The van der Waals surface area contributed by atoms with Crippen LogP contribution in [-0.2, 0) is 13.0 Å². The Labute approximate surface area is 299 Å². The monoisotopic (exact) mass is 676 g/mol. The quantitative estimate of drug-likeness (QED) is 0.103. The first-order chi connectivity index (χ1) is 24.2. The average molecular weight is 677 g/mol. The minimum absolute atomic E-state index is 0.129. The van der Waals surface area contributed by atoms with E-state index in [9.17, 15) is 15.0 Å². The fourth-order valence-corrected chi connectivity index (χ4v) is 6.57. The van der Waals surface area contributed by atoms with Crippen LogP contribution in [0.5, 0.6) is 11.5 Å². The van der Waals surface area contributed by atoms with Crippen molar-refractivity contribution in [3.63, 3.8) is 0 Å². The summed E-state index contributed by atoms with van der Waals surface area (Å²) in [6.07, 6.45) is 8.73. The number of pyridine rings is 1. The Bertz CT molecular complexity index is 1820. The van der Waals surface area contributed by atoms with Crippen molar-refractivity contribution in [2.45, 2.75) is 87.1 Å². The van der Waals surface area contributed by atoms with Crippen molar-refractivity contribution in [2.75, 3.05) is 25.0 Å². The Morgan fingerprint density at radius 2 is 1.60 bits per heavy atom. The van der Waals surface area contributed by atoms with E-state index in [1.165, 1.54) is 72.2 Å². The van der Waals surface area contributed by atoms with E-state index in [1.54, 1.807) is 30.6 Å². The Balaban J connectivity index is 0.00000276. The van der Waals surface area contributed by atoms with Gasteiger partial charge in [0.05, 0.1) is 5.56 Å². The molecule has 2 aromatic heterocycles. The summed E-state index contributed by atoms with van der Waals surface area (Å²) in [4.78, 5) is 19.8. The summed E-state index contributed by atoms with van der Waals surface area (Å²) in [5.41, 5.74) is 7.90. The van der Waals surface area contributed by atoms with Gasteiger partial charge in [0.1, 0.15) is 11.5 Å². The highest BCUT2D eigenvalue weighted by Gasteiger charge is 2.16. The van der Waals surface area contributed by atoms with Crippen molar-refractivity contribution < 1.29 is 15.0 Å². The lowest BCUT2D eigenvalue weighted by molar-refractivity contribution is 0.102. The Kier molecular flexibility index (Phi) is 14.0. The lowest BCUT2D eigenvalue weighted by Gasteiger charge is -2.23. The van der Waals surface area contributed by atoms with Crippen LogP contribution in [0.15, 0.2) is 79.1 Å². The molecule has 0 aliphatic rings. The number of anilines is 1. The van der Waals surface area contributed by atoms with E-state index in [2.05, 4.69) is 72.6 Å². The van der Waals surface area contributed by atoms with Gasteiger partial charge in [-0.3, -0.25) is 9.78 Å². The maximum absolute atomic E-state index is 13.2. The van der Waals surface area contributed by atoms with Gasteiger partial charge >= 0.3 is 0 Å². The number of carbonyl (C=O) groups excluding carboxylic acids is 1. The topological polar surface area (TPSA) is 90.6 Å². The summed E-state index contributed by atoms with van der Waals surface area (Å²) in [5, 5.41) is 25.4. The lowest BCUT2D eigenvalue weighted by Crippen LogP contribution is -2.28. The van der Waals surface area contributed by atoms with Crippen molar-refractivity contribution in [2.24, 2.45) is 5.92 Å². The predicted molar refractivity (Wildman–Crippen MR) is 208 cm³/mol. The molecule has 0 radical (unpaired) electrons. The smallest absolute Gasteiger partial charge is 0.255 e. The minimum atomic E-state index is -0.316. The van der Waals surface area contributed by atoms with E-state index < -0.39 is 0 Å². The van der Waals surface area contributed by atoms with Gasteiger partial charge in [0.25, 0.3) is 5.91 Å². The average Bonchev–Trinajstić information content (AvgIpc) is 3.35. The standard InChI is InChI=1S/C41H50N4O3.C2H6/c1-6-19-44(22-16-28(3)7-2)20-9-21-45-30(5)29(4)36-25-32(12-13-37(36)45)23-31-10-8-11-34(24-31)41(48)43-35-26-38(46)40(39(47)27-35)33-14-17-42-18-15-33;1-2/h8,10-15,17-18,24-28,46-47H,6-7,9,16,19-23H2,1-5H3,(H,43,48);1-2H3. The molecule has 7 heteroatoms. The molecule has 0 fully saturated rings. The Morgan fingerprint density at radius 1 is 0.900 bits per heavy atom. The summed E-state index contributed by atoms with van der Waals surface area (Å²) >= 11 is 0. The van der Waals surface area contributed by atoms with E-state index in [1.807, 2.05) is 32.0 Å². The number of nitrogens with one attached hydrogen (secondary N) is 1. The maximum Gasteiger partial charge on any atom is 0.255 e. The van der Waals surface area contributed by atoms with Gasteiger partial charge in [-0.05, 0) is 124 Å². The summed E-state index contributed by atoms with van der Waals surface area (Å²) in [6.45, 7) is 19.9. The molecule has 0 bridgehead atoms. The molecule has 0 spiro atoms. The largest absolute Gasteiger partial charge is 0.507 e. The number of nitrogens with zero attached hydrogens (tertiary/aromatic N) is 3. The van der Waals surface area contributed by atoms with Gasteiger partial charge in [-0.25, -0.2) is 0 Å². The van der Waals surface area contributed by atoms with Crippen LogP contribution in [0.25, 0.3) is 22.0 Å². The number of rotatable bonds is 15. The van der Waals surface area contributed by atoms with E-state index in [4.69, 9.17) is 0 Å². The number of aromatic hydroxyl groups is 2. The Morgan fingerprint density at radius 3 is 2.28 bits per heavy atom. The number of hydrogen-bond acceptors (Lipinski definition) is 5. The highest BCUT2D eigenvalue weighted by Crippen LogP contribution is 2.39. The number of benzene rings is 3. The van der Waals surface area contributed by atoms with Crippen molar-refractivity contribution in [1.29, 1.82) is 0 Å². The van der Waals surface area contributed by atoms with Crippen LogP contribution in [0.4, 0.5) is 5.69 Å². The fraction of sp³-hybridized carbons (Fsp3) is 0.395. The first-order valence-electron chi connectivity index (χ1n) is 18.4. The van der Waals surface area contributed by atoms with E-state index in [0.717, 1.165) is 31.0 Å². The van der Waals surface area contributed by atoms with Crippen molar-refractivity contribution in [1.82, 2.24) is 14.5 Å². The molecule has 0 aliphatic heterocycles. The maximum atomic E-state index is 13.2. The molecule has 266 valence electrons. The normalized spacial score (nSPS) is 11.8. The van der Waals surface area contributed by atoms with E-state index in [-0.39, 0.29) is 17.4 Å². The van der Waals surface area contributed by atoms with Crippen LogP contribution in [0, 0.1) is 19.8 Å². The molecule has 3 N–H and O–H groups in total. The zero-order valence-corrected chi connectivity index (χ0v) is 31.1. The highest BCUT2D eigenvalue weighted by molar-refractivity contribution is 6.05. The molecule has 2 heterocycles. The molecule has 5 aromatic rings. The molecular weight excluding hydrogens is 620 g/mol. The second kappa shape index (κ2) is 18.4. The van der Waals surface area contributed by atoms with Gasteiger partial charge in [0.2, 0.25) is 0 Å². The molecule has 7 nitrogen and oxygen atoms in total. The van der Waals surface area contributed by atoms with Gasteiger partial charge in [-0.15, -0.1) is 0 Å². The fourth-order valence-electron chi connectivity index (χ4n) is 6.57. The zero-order chi connectivity index (χ0) is 36.2. The Hall–Kier alpha value is -4.62. The number of phenols is 2. The summed E-state index contributed by atoms with van der Waals surface area (Å²) in [5.74, 6) is 0.207. The predicted octanol–water partition coefficient (Wildman–Crippen LogP) is 10.1. The number of carbonyl (C=O) groups is 1. The van der Waals surface area contributed by atoms with Crippen LogP contribution in [0.2, 0.25) is 0 Å². The van der Waals surface area contributed by atoms with E-state index in [0.29, 0.717) is 28.8 Å². The van der Waals surface area contributed by atoms with Crippen molar-refractivity contribution in [3.8, 4) is 22.6 Å². The number of phenolic OH excluding ortho intramolecular Hbond substituents is 2. The molecule has 0 saturated heterocycles. The van der Waals surface area contributed by atoms with Crippen molar-refractivity contribution >= 4 is 22.5 Å². The minimum Gasteiger partial charge on any atom is -0.507 e. The van der Waals surface area contributed by atoms with Gasteiger partial charge in [-0.2, -0.15) is 0 Å². The number of aryl methyl sites for hydroxylation is 2. The summed E-state index contributed by atoms with van der Waals surface area (Å²) in [6, 6.07) is 20.6. The first kappa shape index (κ1) is 38.2. The molecule has 3 aromatic carbocycles. The first-order valence-corrected chi connectivity index (χ1v) is 18.4. The van der Waals surface area contributed by atoms with Crippen LogP contribution in [-0.4, -0.2) is 50.2 Å². The molecule has 1 amide bonds. The molecule has 1 atom stereocenters. The number of amides is 1. The lowest BCUT2D eigenvalue weighted by atomic mass is 10.0. The number of hydrogen-bond donors (Lipinski definition) is 3. The molecular formula is C43H56N4O3. The third-order valence-corrected chi connectivity index (χ3v) is 9.66. The van der Waals surface area contributed by atoms with Gasteiger partial charge in [-0.1, -0.05) is 59.2 Å². The van der Waals surface area contributed by atoms with Crippen LogP contribution < -0.4 is 5.32 Å². The van der Waals surface area contributed by atoms with Gasteiger partial charge in [0, 0.05) is 58.9 Å². The number of fused-ring (bicyclic) bond motifs is 1. The summed E-state index contributed by atoms with van der Waals surface area (Å²) < 4.78 is 2.48. The zero-order valence-electron chi connectivity index (χ0n) is 31.1. The molecule has 0 aliphatic carbocycles. The SMILES string of the molecule is CC.CCCN(CCCn1c(C)c(C)c2cc(Cc3cccc(C(=O)Nc4cc(O)c(-c5ccncc5)c(O)c4)c3)ccc21)CCC(C)CC. The summed E-state index contributed by atoms with van der Waals surface area (Å²) in [7, 11) is 0. The number of aromatic nitrogens is 2. The molecule has 0 saturated carbocycles. The third-order valence-electron chi connectivity index (χ3n) is 9.66. The molecule has 1 unspecified atom stereocenters. The van der Waals surface area contributed by atoms with Crippen LogP contribution in [0.3, 0.4) is 0 Å². The molecule has 5 rings (SSSR count). The van der Waals surface area contributed by atoms with Crippen LogP contribution >= 0.6 is 0 Å². The van der Waals surface area contributed by atoms with Crippen molar-refractivity contribution in [3.05, 3.63) is 107 Å². The van der Waals surface area contributed by atoms with Gasteiger partial charge in [0.15, 0.2) is 0 Å².